The molecule has 0 aliphatic heterocycles. The number of ether oxygens (including phenoxy) is 3. The quantitative estimate of drug-likeness (QED) is 0.0429. The standard InChI is InChI=1S/C40H59NO7/c1-11-16-35(42)48-33(8)41-40(45)31(6)24-15-23-29(4)20-13-19-27(2)17-12-18-28(3)21-14-22-30(5)25-26-34-32(7)36(43)38(46-9)39(47-10)37(34)44/h17,20-21,24-25,33H,11-16,18-19,22-23,26H2,1-10H3,(H,41,45)/b27-17+,28-21+,29-20+,30-25+,31-24+. The molecule has 1 atom stereocenters. The topological polar surface area (TPSA) is 108 Å². The number of hydrogen-bond acceptors (Lipinski definition) is 7. The van der Waals surface area contributed by atoms with Gasteiger partial charge in [-0.1, -0.05) is 59.6 Å². The van der Waals surface area contributed by atoms with Crippen molar-refractivity contribution >= 4 is 23.4 Å². The van der Waals surface area contributed by atoms with Crippen LogP contribution in [0.5, 0.6) is 0 Å². The maximum atomic E-state index is 12.8. The van der Waals surface area contributed by atoms with Gasteiger partial charge in [-0.2, -0.15) is 0 Å². The van der Waals surface area contributed by atoms with E-state index in [9.17, 15) is 19.2 Å². The number of Topliss-reactive ketones (excluding diaryl/α,β-unsaturated/α-hetero) is 2. The van der Waals surface area contributed by atoms with E-state index in [2.05, 4.69) is 51.2 Å². The summed E-state index contributed by atoms with van der Waals surface area (Å²) in [7, 11) is 2.74. The summed E-state index contributed by atoms with van der Waals surface area (Å²) >= 11 is 0. The summed E-state index contributed by atoms with van der Waals surface area (Å²) in [6, 6.07) is 0. The molecule has 8 heteroatoms. The number of hydrogen-bond donors (Lipinski definition) is 1. The molecule has 8 nitrogen and oxygen atoms in total. The molecule has 48 heavy (non-hydrogen) atoms. The lowest BCUT2D eigenvalue weighted by Gasteiger charge is -2.19. The Morgan fingerprint density at radius 1 is 0.688 bits per heavy atom. The van der Waals surface area contributed by atoms with Crippen LogP contribution in [-0.2, 0) is 33.4 Å². The second-order valence-corrected chi connectivity index (χ2v) is 12.6. The molecule has 0 aromatic heterocycles. The molecule has 1 aliphatic carbocycles. The molecule has 1 N–H and O–H groups in total. The molecular formula is C40H59NO7. The predicted octanol–water partition coefficient (Wildman–Crippen LogP) is 9.01. The third-order valence-electron chi connectivity index (χ3n) is 8.29. The highest BCUT2D eigenvalue weighted by molar-refractivity contribution is 6.23. The third kappa shape index (κ3) is 15.3. The van der Waals surface area contributed by atoms with Crippen molar-refractivity contribution in [3.63, 3.8) is 0 Å². The molecule has 0 radical (unpaired) electrons. The fourth-order valence-corrected chi connectivity index (χ4v) is 5.16. The van der Waals surface area contributed by atoms with Crippen LogP contribution in [0.15, 0.2) is 80.9 Å². The fourth-order valence-electron chi connectivity index (χ4n) is 5.16. The monoisotopic (exact) mass is 665 g/mol. The summed E-state index contributed by atoms with van der Waals surface area (Å²) in [5.74, 6) is -1.17. The number of ketones is 2. The minimum Gasteiger partial charge on any atom is -0.489 e. The molecule has 1 rings (SSSR count). The van der Waals surface area contributed by atoms with Crippen molar-refractivity contribution in [2.45, 2.75) is 132 Å². The van der Waals surface area contributed by atoms with Crippen molar-refractivity contribution in [2.24, 2.45) is 0 Å². The largest absolute Gasteiger partial charge is 0.489 e. The van der Waals surface area contributed by atoms with Gasteiger partial charge in [0, 0.05) is 23.1 Å². The van der Waals surface area contributed by atoms with Crippen molar-refractivity contribution in [3.8, 4) is 0 Å². The molecule has 0 heterocycles. The third-order valence-corrected chi connectivity index (χ3v) is 8.29. The Morgan fingerprint density at radius 3 is 1.58 bits per heavy atom. The molecule has 0 aromatic carbocycles. The Hall–Kier alpha value is -3.94. The first-order chi connectivity index (χ1) is 22.7. The van der Waals surface area contributed by atoms with Crippen LogP contribution in [0.1, 0.15) is 126 Å². The SMILES string of the molecule is CCCC(=O)OC(C)NC(=O)/C(C)=C/CC/C(C)=C/CC/C(C)=C/CC/C(C)=C/CC/C(C)=C/CC1=C(C)C(=O)C(OC)=C(OC)C1=O. The van der Waals surface area contributed by atoms with E-state index in [1.165, 1.54) is 36.5 Å². The van der Waals surface area contributed by atoms with Crippen LogP contribution in [0.4, 0.5) is 0 Å². The van der Waals surface area contributed by atoms with Gasteiger partial charge < -0.3 is 19.5 Å². The molecule has 0 spiro atoms. The van der Waals surface area contributed by atoms with E-state index in [0.29, 0.717) is 36.0 Å². The molecule has 1 amide bonds. The summed E-state index contributed by atoms with van der Waals surface area (Å²) in [6.07, 6.45) is 19.2. The average molecular weight is 666 g/mol. The smallest absolute Gasteiger partial charge is 0.307 e. The Labute approximate surface area is 289 Å². The molecular weight excluding hydrogens is 606 g/mol. The van der Waals surface area contributed by atoms with E-state index < -0.39 is 6.23 Å². The van der Waals surface area contributed by atoms with Gasteiger partial charge in [0.1, 0.15) is 0 Å². The Balaban J connectivity index is 2.42. The predicted molar refractivity (Wildman–Crippen MR) is 193 cm³/mol. The molecule has 1 unspecified atom stereocenters. The number of rotatable bonds is 21. The maximum absolute atomic E-state index is 12.8. The minimum absolute atomic E-state index is 0.0253. The van der Waals surface area contributed by atoms with Gasteiger partial charge in [0.25, 0.3) is 0 Å². The molecule has 0 aromatic rings. The lowest BCUT2D eigenvalue weighted by Crippen LogP contribution is -2.36. The second-order valence-electron chi connectivity index (χ2n) is 12.6. The van der Waals surface area contributed by atoms with Crippen molar-refractivity contribution < 1.29 is 33.4 Å². The lowest BCUT2D eigenvalue weighted by atomic mass is 9.90. The van der Waals surface area contributed by atoms with Crippen molar-refractivity contribution in [1.82, 2.24) is 5.32 Å². The number of esters is 1. The average Bonchev–Trinajstić information content (AvgIpc) is 3.02. The highest BCUT2D eigenvalue weighted by Gasteiger charge is 2.34. The van der Waals surface area contributed by atoms with Crippen LogP contribution < -0.4 is 5.32 Å². The lowest BCUT2D eigenvalue weighted by molar-refractivity contribution is -0.150. The summed E-state index contributed by atoms with van der Waals surface area (Å²) < 4.78 is 15.5. The molecule has 266 valence electrons. The molecule has 1 aliphatic rings. The van der Waals surface area contributed by atoms with E-state index >= 15 is 0 Å². The highest BCUT2D eigenvalue weighted by Crippen LogP contribution is 2.28. The van der Waals surface area contributed by atoms with Crippen LogP contribution in [0.2, 0.25) is 0 Å². The van der Waals surface area contributed by atoms with Gasteiger partial charge in [-0.25, -0.2) is 0 Å². The first-order valence-electron chi connectivity index (χ1n) is 17.2. The highest BCUT2D eigenvalue weighted by atomic mass is 16.6. The van der Waals surface area contributed by atoms with Gasteiger partial charge in [-0.15, -0.1) is 0 Å². The maximum Gasteiger partial charge on any atom is 0.307 e. The Morgan fingerprint density at radius 2 is 1.12 bits per heavy atom. The first kappa shape index (κ1) is 42.1. The van der Waals surface area contributed by atoms with E-state index in [0.717, 1.165) is 51.4 Å². The van der Waals surface area contributed by atoms with Gasteiger partial charge in [0.05, 0.1) is 14.2 Å². The fraction of sp³-hybridized carbons (Fsp3) is 0.550. The molecule has 0 fully saturated rings. The number of carbonyl (C=O) groups excluding carboxylic acids is 4. The van der Waals surface area contributed by atoms with Crippen LogP contribution in [0.3, 0.4) is 0 Å². The van der Waals surface area contributed by atoms with Gasteiger partial charge in [-0.3, -0.25) is 19.2 Å². The van der Waals surface area contributed by atoms with Gasteiger partial charge in [0.2, 0.25) is 29.0 Å². The van der Waals surface area contributed by atoms with Crippen LogP contribution in [-0.4, -0.2) is 43.9 Å². The zero-order valence-corrected chi connectivity index (χ0v) is 31.1. The van der Waals surface area contributed by atoms with Gasteiger partial charge in [-0.05, 0) is 113 Å². The zero-order chi connectivity index (χ0) is 36.2. The zero-order valence-electron chi connectivity index (χ0n) is 31.1. The summed E-state index contributed by atoms with van der Waals surface area (Å²) in [6.45, 7) is 15.5. The normalized spacial score (nSPS) is 16.0. The number of carbonyl (C=O) groups is 4. The Kier molecular flexibility index (Phi) is 19.8. The van der Waals surface area contributed by atoms with Crippen LogP contribution >= 0.6 is 0 Å². The molecule has 0 saturated carbocycles. The van der Waals surface area contributed by atoms with Gasteiger partial charge in [0.15, 0.2) is 6.23 Å². The second kappa shape index (κ2) is 22.6. The summed E-state index contributed by atoms with van der Waals surface area (Å²) in [4.78, 5) is 49.3. The van der Waals surface area contributed by atoms with E-state index in [1.54, 1.807) is 20.8 Å². The van der Waals surface area contributed by atoms with Crippen molar-refractivity contribution in [1.29, 1.82) is 0 Å². The molecule has 0 bridgehead atoms. The minimum atomic E-state index is -0.644. The molecule has 0 saturated heterocycles. The summed E-state index contributed by atoms with van der Waals surface area (Å²) in [5.41, 5.74) is 6.72. The number of allylic oxidation sites excluding steroid dienone is 11. The number of amides is 1. The number of methoxy groups -OCH3 is 2. The van der Waals surface area contributed by atoms with Crippen LogP contribution in [0.25, 0.3) is 0 Å². The number of nitrogens with one attached hydrogen (secondary N) is 1. The van der Waals surface area contributed by atoms with Crippen molar-refractivity contribution in [3.05, 3.63) is 80.9 Å². The Bertz CT molecular complexity index is 1370. The first-order valence-corrected chi connectivity index (χ1v) is 17.2. The summed E-state index contributed by atoms with van der Waals surface area (Å²) in [5, 5.41) is 2.71. The van der Waals surface area contributed by atoms with Crippen molar-refractivity contribution in [2.75, 3.05) is 14.2 Å². The van der Waals surface area contributed by atoms with E-state index in [-0.39, 0.29) is 35.0 Å². The van der Waals surface area contributed by atoms with E-state index in [4.69, 9.17) is 14.2 Å². The van der Waals surface area contributed by atoms with Gasteiger partial charge >= 0.3 is 5.97 Å². The van der Waals surface area contributed by atoms with E-state index in [1.807, 2.05) is 19.1 Å². The van der Waals surface area contributed by atoms with Crippen LogP contribution in [0, 0.1) is 0 Å².